The summed E-state index contributed by atoms with van der Waals surface area (Å²) in [4.78, 5) is 0. The molecule has 0 saturated heterocycles. The fraction of sp³-hybridized carbons (Fsp3) is 1.00. The number of rotatable bonds is 2. The Balaban J connectivity index is 1.42. The summed E-state index contributed by atoms with van der Waals surface area (Å²) in [6.07, 6.45) is 6.03. The smallest absolute Gasteiger partial charge is 0.0655 e. The molecule has 0 amide bonds. The Morgan fingerprint density at radius 3 is 1.33 bits per heavy atom. The van der Waals surface area contributed by atoms with Gasteiger partial charge in [0, 0.05) is 0 Å². The Morgan fingerprint density at radius 2 is 1.05 bits per heavy atom. The molecule has 1 heteroatoms. The zero-order valence-electron chi connectivity index (χ0n) is 15.0. The maximum absolute atomic E-state index is 2.86. The van der Waals surface area contributed by atoms with Gasteiger partial charge in [0.05, 0.1) is 0 Å². The lowest BCUT2D eigenvalue weighted by atomic mass is 9.31. The molecule has 0 aromatic carbocycles. The Morgan fingerprint density at radius 1 is 0.667 bits per heavy atom. The lowest BCUT2D eigenvalue weighted by Gasteiger charge is -2.65. The van der Waals surface area contributed by atoms with Crippen molar-refractivity contribution in [3.8, 4) is 0 Å². The average molecular weight is 285 g/mol. The molecule has 6 fully saturated rings. The van der Waals surface area contributed by atoms with Gasteiger partial charge >= 0.3 is 0 Å². The molecular formula is C20H34B. The van der Waals surface area contributed by atoms with E-state index in [2.05, 4.69) is 48.8 Å². The van der Waals surface area contributed by atoms with Crippen LogP contribution < -0.4 is 0 Å². The van der Waals surface area contributed by atoms with Crippen LogP contribution in [0.4, 0.5) is 0 Å². The van der Waals surface area contributed by atoms with Gasteiger partial charge in [-0.1, -0.05) is 66.0 Å². The fourth-order valence-corrected chi connectivity index (χ4v) is 7.21. The summed E-state index contributed by atoms with van der Waals surface area (Å²) in [7, 11) is 2.86. The minimum atomic E-state index is 0.645. The molecule has 4 bridgehead atoms. The predicted molar refractivity (Wildman–Crippen MR) is 91.6 cm³/mol. The molecule has 0 heterocycles. The minimum Gasteiger partial charge on any atom is -0.0655 e. The van der Waals surface area contributed by atoms with Crippen molar-refractivity contribution in [2.45, 2.75) is 78.9 Å². The van der Waals surface area contributed by atoms with Crippen LogP contribution in [0.2, 0.25) is 11.6 Å². The van der Waals surface area contributed by atoms with Gasteiger partial charge in [-0.2, -0.15) is 0 Å². The molecule has 6 rings (SSSR count). The topological polar surface area (TPSA) is 0 Å². The molecule has 8 atom stereocenters. The lowest BCUT2D eigenvalue weighted by molar-refractivity contribution is -0.106. The van der Waals surface area contributed by atoms with Gasteiger partial charge in [-0.05, 0) is 59.2 Å². The molecule has 0 aromatic rings. The Hall–Kier alpha value is 0.0649. The zero-order chi connectivity index (χ0) is 15.2. The second kappa shape index (κ2) is 4.32. The first-order chi connectivity index (χ1) is 9.73. The molecule has 1 radical (unpaired) electrons. The lowest BCUT2D eigenvalue weighted by Crippen LogP contribution is -2.57. The van der Waals surface area contributed by atoms with E-state index in [1.165, 1.54) is 25.7 Å². The van der Waals surface area contributed by atoms with Gasteiger partial charge < -0.3 is 0 Å². The summed E-state index contributed by atoms with van der Waals surface area (Å²) in [5.74, 6) is 7.76. The van der Waals surface area contributed by atoms with Crippen LogP contribution in [0.15, 0.2) is 0 Å². The van der Waals surface area contributed by atoms with Crippen LogP contribution in [0.3, 0.4) is 0 Å². The van der Waals surface area contributed by atoms with E-state index in [-0.39, 0.29) is 0 Å². The molecule has 0 aliphatic heterocycles. The van der Waals surface area contributed by atoms with Crippen molar-refractivity contribution in [2.24, 2.45) is 46.3 Å². The number of hydrogen-bond acceptors (Lipinski definition) is 0. The average Bonchev–Trinajstić information content (AvgIpc) is 2.41. The second-order valence-corrected chi connectivity index (χ2v) is 10.4. The number of fused-ring (bicyclic) bond motifs is 4. The standard InChI is InChI=1S/C20H34B/c1-11-15-7-13(19(15,3)4)9-17(11)21-18-10-14-8-16(12(18)2)20(14,5)6/h11-18H,7-10H2,1-6H3/t11-,12+,13-,14-,15+,16-,17+,18-/m1/s1. The van der Waals surface area contributed by atoms with E-state index in [0.717, 1.165) is 47.1 Å². The quantitative estimate of drug-likeness (QED) is 0.573. The van der Waals surface area contributed by atoms with Crippen LogP contribution >= 0.6 is 0 Å². The van der Waals surface area contributed by atoms with Gasteiger partial charge in [0.15, 0.2) is 0 Å². The van der Waals surface area contributed by atoms with E-state index < -0.39 is 0 Å². The van der Waals surface area contributed by atoms with Gasteiger partial charge in [-0.15, -0.1) is 0 Å². The molecule has 117 valence electrons. The van der Waals surface area contributed by atoms with Gasteiger partial charge in [0.25, 0.3) is 0 Å². The van der Waals surface area contributed by atoms with Crippen LogP contribution in [0.1, 0.15) is 67.2 Å². The van der Waals surface area contributed by atoms with E-state index in [0.29, 0.717) is 10.8 Å². The van der Waals surface area contributed by atoms with Crippen LogP contribution in [0.25, 0.3) is 0 Å². The van der Waals surface area contributed by atoms with E-state index in [1.807, 2.05) is 0 Å². The maximum Gasteiger partial charge on any atom is 0.118 e. The minimum absolute atomic E-state index is 0.645. The van der Waals surface area contributed by atoms with Crippen molar-refractivity contribution >= 4 is 7.28 Å². The van der Waals surface area contributed by atoms with Crippen molar-refractivity contribution < 1.29 is 0 Å². The predicted octanol–water partition coefficient (Wildman–Crippen LogP) is 5.67. The van der Waals surface area contributed by atoms with Crippen molar-refractivity contribution in [3.05, 3.63) is 0 Å². The molecule has 6 aliphatic carbocycles. The van der Waals surface area contributed by atoms with Crippen molar-refractivity contribution in [1.82, 2.24) is 0 Å². The Kier molecular flexibility index (Phi) is 3.02. The van der Waals surface area contributed by atoms with E-state index in [1.54, 1.807) is 0 Å². The van der Waals surface area contributed by atoms with Crippen molar-refractivity contribution in [2.75, 3.05) is 0 Å². The van der Waals surface area contributed by atoms with Crippen LogP contribution in [-0.2, 0) is 0 Å². The third-order valence-electron chi connectivity index (χ3n) is 9.32. The molecule has 0 spiro atoms. The SMILES string of the molecule is C[C@@H]1[C@H]([B][C@H]2C[C@H]3C[C@@H]([C@H]2C)C3(C)C)C[C@H]2C[C@H]1C2(C)C. The first-order valence-corrected chi connectivity index (χ1v) is 9.58. The summed E-state index contributed by atoms with van der Waals surface area (Å²) in [5.41, 5.74) is 1.29. The normalized spacial score (nSPS) is 56.1. The highest BCUT2D eigenvalue weighted by Gasteiger charge is 2.59. The fourth-order valence-electron chi connectivity index (χ4n) is 7.21. The molecule has 6 aliphatic rings. The highest BCUT2D eigenvalue weighted by molar-refractivity contribution is 6.40. The Bertz CT molecular complexity index is 397. The third kappa shape index (κ3) is 1.81. The highest BCUT2D eigenvalue weighted by Crippen LogP contribution is 2.68. The van der Waals surface area contributed by atoms with E-state index in [4.69, 9.17) is 0 Å². The van der Waals surface area contributed by atoms with Crippen LogP contribution in [-0.4, -0.2) is 7.28 Å². The summed E-state index contributed by atoms with van der Waals surface area (Å²) < 4.78 is 0. The first-order valence-electron chi connectivity index (χ1n) is 9.58. The van der Waals surface area contributed by atoms with E-state index >= 15 is 0 Å². The summed E-state index contributed by atoms with van der Waals surface area (Å²) in [6.45, 7) is 15.2. The monoisotopic (exact) mass is 285 g/mol. The van der Waals surface area contributed by atoms with Gasteiger partial charge in [-0.25, -0.2) is 0 Å². The molecule has 0 nitrogen and oxygen atoms in total. The summed E-state index contributed by atoms with van der Waals surface area (Å²) in [5, 5.41) is 0. The van der Waals surface area contributed by atoms with Crippen molar-refractivity contribution in [1.29, 1.82) is 0 Å². The van der Waals surface area contributed by atoms with Crippen LogP contribution in [0, 0.1) is 46.3 Å². The maximum atomic E-state index is 2.86. The summed E-state index contributed by atoms with van der Waals surface area (Å²) in [6, 6.07) is 0. The van der Waals surface area contributed by atoms with Gasteiger partial charge in [0.1, 0.15) is 7.28 Å². The molecule has 0 aromatic heterocycles. The molecule has 0 N–H and O–H groups in total. The second-order valence-electron chi connectivity index (χ2n) is 10.4. The summed E-state index contributed by atoms with van der Waals surface area (Å²) >= 11 is 0. The van der Waals surface area contributed by atoms with E-state index in [9.17, 15) is 0 Å². The number of hydrogen-bond donors (Lipinski definition) is 0. The Labute approximate surface area is 133 Å². The molecule has 6 saturated carbocycles. The zero-order valence-corrected chi connectivity index (χ0v) is 15.0. The highest BCUT2D eigenvalue weighted by atomic mass is 14.6. The molecule has 0 unspecified atom stereocenters. The van der Waals surface area contributed by atoms with Crippen molar-refractivity contribution in [3.63, 3.8) is 0 Å². The molecule has 21 heavy (non-hydrogen) atoms. The largest absolute Gasteiger partial charge is 0.118 e. The first kappa shape index (κ1) is 14.6. The third-order valence-corrected chi connectivity index (χ3v) is 9.32. The van der Waals surface area contributed by atoms with Crippen LogP contribution in [0.5, 0.6) is 0 Å². The molecular weight excluding hydrogens is 251 g/mol. The van der Waals surface area contributed by atoms with Gasteiger partial charge in [0.2, 0.25) is 0 Å². The van der Waals surface area contributed by atoms with Gasteiger partial charge in [-0.3, -0.25) is 0 Å².